The number of nitrogens with one attached hydrogen (secondary N) is 1. The summed E-state index contributed by atoms with van der Waals surface area (Å²) in [6.45, 7) is 7.57. The van der Waals surface area contributed by atoms with Crippen molar-refractivity contribution in [3.8, 4) is 0 Å². The van der Waals surface area contributed by atoms with Crippen molar-refractivity contribution in [3.05, 3.63) is 33.5 Å². The van der Waals surface area contributed by atoms with Crippen LogP contribution in [0, 0.1) is 5.82 Å². The second-order valence-corrected chi connectivity index (χ2v) is 7.72. The third-order valence-electron chi connectivity index (χ3n) is 3.39. The average molecular weight is 332 g/mol. The molecule has 0 fully saturated rings. The van der Waals surface area contributed by atoms with Gasteiger partial charge in [-0.25, -0.2) is 4.39 Å². The number of halogens is 2. The molecule has 1 aromatic rings. The third kappa shape index (κ3) is 2.75. The molecule has 0 saturated heterocycles. The lowest BCUT2D eigenvalue weighted by Gasteiger charge is -2.40. The van der Waals surface area contributed by atoms with E-state index in [9.17, 15) is 4.39 Å². The molecule has 0 spiro atoms. The second kappa shape index (κ2) is 5.51. The van der Waals surface area contributed by atoms with E-state index in [-0.39, 0.29) is 16.6 Å². The van der Waals surface area contributed by atoms with Gasteiger partial charge in [0.25, 0.3) is 0 Å². The standard InChI is InChI=1S/C14H19BrFNS/c1-4-5-17-13-10-6-9(16)7-12(15)11(10)8-18-14(13,2)3/h6-7,13,17H,4-5,8H2,1-3H3. The molecule has 18 heavy (non-hydrogen) atoms. The molecule has 1 N–H and O–H groups in total. The largest absolute Gasteiger partial charge is 0.309 e. The maximum absolute atomic E-state index is 13.6. The lowest BCUT2D eigenvalue weighted by Crippen LogP contribution is -2.40. The summed E-state index contributed by atoms with van der Waals surface area (Å²) in [6, 6.07) is 3.46. The second-order valence-electron chi connectivity index (χ2n) is 5.23. The van der Waals surface area contributed by atoms with E-state index < -0.39 is 0 Å². The molecule has 1 aliphatic rings. The summed E-state index contributed by atoms with van der Waals surface area (Å²) in [4.78, 5) is 0. The van der Waals surface area contributed by atoms with Crippen LogP contribution < -0.4 is 5.32 Å². The summed E-state index contributed by atoms with van der Waals surface area (Å²) in [6.07, 6.45) is 1.09. The van der Waals surface area contributed by atoms with Crippen LogP contribution >= 0.6 is 27.7 Å². The van der Waals surface area contributed by atoms with E-state index in [1.807, 2.05) is 11.8 Å². The topological polar surface area (TPSA) is 12.0 Å². The lowest BCUT2D eigenvalue weighted by molar-refractivity contribution is 0.436. The quantitative estimate of drug-likeness (QED) is 0.864. The first kappa shape index (κ1) is 14.4. The van der Waals surface area contributed by atoms with E-state index >= 15 is 0 Å². The molecule has 0 aliphatic carbocycles. The van der Waals surface area contributed by atoms with Crippen molar-refractivity contribution >= 4 is 27.7 Å². The minimum Gasteiger partial charge on any atom is -0.309 e. The summed E-state index contributed by atoms with van der Waals surface area (Å²) in [5, 5.41) is 3.56. The van der Waals surface area contributed by atoms with Gasteiger partial charge in [0.2, 0.25) is 0 Å². The molecule has 0 aromatic heterocycles. The molecule has 1 aromatic carbocycles. The predicted molar refractivity (Wildman–Crippen MR) is 80.5 cm³/mol. The Hall–Kier alpha value is -0.0600. The van der Waals surface area contributed by atoms with Crippen molar-refractivity contribution in [1.82, 2.24) is 5.32 Å². The Bertz CT molecular complexity index is 448. The summed E-state index contributed by atoms with van der Waals surface area (Å²) >= 11 is 5.41. The number of rotatable bonds is 3. The monoisotopic (exact) mass is 331 g/mol. The minimum atomic E-state index is -0.161. The highest BCUT2D eigenvalue weighted by Crippen LogP contribution is 2.47. The molecular weight excluding hydrogens is 313 g/mol. The number of hydrogen-bond donors (Lipinski definition) is 1. The molecule has 100 valence electrons. The van der Waals surface area contributed by atoms with Crippen molar-refractivity contribution in [2.24, 2.45) is 0 Å². The SMILES string of the molecule is CCCNC1c2cc(F)cc(Br)c2CSC1(C)C. The van der Waals surface area contributed by atoms with Crippen LogP contribution in [0.2, 0.25) is 0 Å². The van der Waals surface area contributed by atoms with Crippen LogP contribution in [-0.2, 0) is 5.75 Å². The van der Waals surface area contributed by atoms with Crippen LogP contribution in [0.3, 0.4) is 0 Å². The Morgan fingerprint density at radius 3 is 2.89 bits per heavy atom. The van der Waals surface area contributed by atoms with Gasteiger partial charge < -0.3 is 5.32 Å². The van der Waals surface area contributed by atoms with E-state index in [2.05, 4.69) is 42.0 Å². The summed E-state index contributed by atoms with van der Waals surface area (Å²) in [5.41, 5.74) is 2.34. The molecule has 2 rings (SSSR count). The Balaban J connectivity index is 2.43. The zero-order chi connectivity index (χ0) is 13.3. The number of thioether (sulfide) groups is 1. The molecule has 0 bridgehead atoms. The Kier molecular flexibility index (Phi) is 4.40. The van der Waals surface area contributed by atoms with Crippen LogP contribution in [0.15, 0.2) is 16.6 Å². The molecule has 0 amide bonds. The Morgan fingerprint density at radius 1 is 1.50 bits per heavy atom. The fraction of sp³-hybridized carbons (Fsp3) is 0.571. The molecule has 0 radical (unpaired) electrons. The number of hydrogen-bond acceptors (Lipinski definition) is 2. The normalized spacial score (nSPS) is 21.7. The van der Waals surface area contributed by atoms with Crippen molar-refractivity contribution in [2.75, 3.05) is 6.54 Å². The minimum absolute atomic E-state index is 0.0927. The summed E-state index contributed by atoms with van der Waals surface area (Å²) in [7, 11) is 0. The van der Waals surface area contributed by atoms with Crippen molar-refractivity contribution in [2.45, 2.75) is 43.7 Å². The van der Waals surface area contributed by atoms with Gasteiger partial charge in [0.1, 0.15) is 5.82 Å². The van der Waals surface area contributed by atoms with Crippen molar-refractivity contribution in [3.63, 3.8) is 0 Å². The lowest BCUT2D eigenvalue weighted by atomic mass is 9.91. The number of benzene rings is 1. The molecule has 1 unspecified atom stereocenters. The highest BCUT2D eigenvalue weighted by Gasteiger charge is 2.37. The molecular formula is C14H19BrFNS. The van der Waals surface area contributed by atoms with Crippen LogP contribution in [0.25, 0.3) is 0 Å². The maximum Gasteiger partial charge on any atom is 0.124 e. The van der Waals surface area contributed by atoms with E-state index in [0.717, 1.165) is 28.8 Å². The molecule has 1 nitrogen and oxygen atoms in total. The van der Waals surface area contributed by atoms with Crippen LogP contribution in [0.4, 0.5) is 4.39 Å². The van der Waals surface area contributed by atoms with E-state index in [4.69, 9.17) is 0 Å². The van der Waals surface area contributed by atoms with Gasteiger partial charge in [0.15, 0.2) is 0 Å². The molecule has 1 aliphatic heterocycles. The van der Waals surface area contributed by atoms with E-state index in [1.54, 1.807) is 12.1 Å². The zero-order valence-electron chi connectivity index (χ0n) is 11.0. The molecule has 4 heteroatoms. The van der Waals surface area contributed by atoms with Crippen LogP contribution in [0.1, 0.15) is 44.4 Å². The first-order valence-electron chi connectivity index (χ1n) is 6.31. The van der Waals surface area contributed by atoms with Gasteiger partial charge in [-0.2, -0.15) is 0 Å². The fourth-order valence-electron chi connectivity index (χ4n) is 2.39. The van der Waals surface area contributed by atoms with Gasteiger partial charge >= 0.3 is 0 Å². The van der Waals surface area contributed by atoms with Crippen molar-refractivity contribution in [1.29, 1.82) is 0 Å². The van der Waals surface area contributed by atoms with Crippen LogP contribution in [-0.4, -0.2) is 11.3 Å². The highest BCUT2D eigenvalue weighted by atomic mass is 79.9. The maximum atomic E-state index is 13.6. The van der Waals surface area contributed by atoms with Gasteiger partial charge in [0, 0.05) is 21.0 Å². The molecule has 1 heterocycles. The van der Waals surface area contributed by atoms with Gasteiger partial charge in [-0.05, 0) is 50.1 Å². The zero-order valence-corrected chi connectivity index (χ0v) is 13.4. The van der Waals surface area contributed by atoms with E-state index in [0.29, 0.717) is 0 Å². The smallest absolute Gasteiger partial charge is 0.124 e. The molecule has 1 atom stereocenters. The highest BCUT2D eigenvalue weighted by molar-refractivity contribution is 9.10. The fourth-order valence-corrected chi connectivity index (χ4v) is 4.38. The van der Waals surface area contributed by atoms with Crippen LogP contribution in [0.5, 0.6) is 0 Å². The average Bonchev–Trinajstić information content (AvgIpc) is 2.26. The van der Waals surface area contributed by atoms with Crippen molar-refractivity contribution < 1.29 is 4.39 Å². The third-order valence-corrected chi connectivity index (χ3v) is 5.51. The van der Waals surface area contributed by atoms with Gasteiger partial charge in [-0.1, -0.05) is 22.9 Å². The molecule has 0 saturated carbocycles. The van der Waals surface area contributed by atoms with E-state index in [1.165, 1.54) is 5.56 Å². The predicted octanol–water partition coefficient (Wildman–Crippen LogP) is 4.65. The van der Waals surface area contributed by atoms with Gasteiger partial charge in [0.05, 0.1) is 0 Å². The summed E-state index contributed by atoms with van der Waals surface area (Å²) < 4.78 is 14.6. The first-order chi connectivity index (χ1) is 8.45. The first-order valence-corrected chi connectivity index (χ1v) is 8.08. The van der Waals surface area contributed by atoms with Gasteiger partial charge in [-0.15, -0.1) is 11.8 Å². The van der Waals surface area contributed by atoms with Gasteiger partial charge in [-0.3, -0.25) is 0 Å². The summed E-state index contributed by atoms with van der Waals surface area (Å²) in [5.74, 6) is 0.777. The Labute approximate surface area is 121 Å². The Morgan fingerprint density at radius 2 is 2.22 bits per heavy atom. The number of fused-ring (bicyclic) bond motifs is 1.